The number of amides is 3. The maximum Gasteiger partial charge on any atom is 0.261 e. The Morgan fingerprint density at radius 1 is 0.964 bits per heavy atom. The summed E-state index contributed by atoms with van der Waals surface area (Å²) in [7, 11) is 0. The van der Waals surface area contributed by atoms with E-state index < -0.39 is 0 Å². The largest absolute Gasteiger partial charge is 0.326 e. The van der Waals surface area contributed by atoms with Gasteiger partial charge in [0.1, 0.15) is 0 Å². The van der Waals surface area contributed by atoms with E-state index in [1.54, 1.807) is 42.5 Å². The molecule has 2 aliphatic rings. The lowest BCUT2D eigenvalue weighted by Gasteiger charge is -2.29. The standard InChI is InChI=1S/C22H21ClN2O3/c23-15-8-6-14(7-9-15)12-20(26)24-16-10-11-18-19(13-16)22(28)25(21(18)27)17-4-2-1-3-5-17/h6-11,13,17H,1-5,12H2,(H,24,26). The van der Waals surface area contributed by atoms with Crippen molar-refractivity contribution in [2.24, 2.45) is 0 Å². The van der Waals surface area contributed by atoms with Gasteiger partial charge in [0.2, 0.25) is 5.91 Å². The number of halogens is 1. The van der Waals surface area contributed by atoms with Crippen LogP contribution in [0.2, 0.25) is 5.02 Å². The van der Waals surface area contributed by atoms with Crippen LogP contribution in [0, 0.1) is 0 Å². The minimum Gasteiger partial charge on any atom is -0.326 e. The molecule has 5 nitrogen and oxygen atoms in total. The van der Waals surface area contributed by atoms with Gasteiger partial charge in [0, 0.05) is 16.8 Å². The number of carbonyl (C=O) groups is 3. The molecular weight excluding hydrogens is 376 g/mol. The topological polar surface area (TPSA) is 66.5 Å². The molecule has 0 spiro atoms. The summed E-state index contributed by atoms with van der Waals surface area (Å²) in [6.45, 7) is 0. The smallest absolute Gasteiger partial charge is 0.261 e. The quantitative estimate of drug-likeness (QED) is 0.776. The van der Waals surface area contributed by atoms with E-state index in [-0.39, 0.29) is 30.2 Å². The Hall–Kier alpha value is -2.66. The molecule has 0 atom stereocenters. The fourth-order valence-electron chi connectivity index (χ4n) is 4.00. The Morgan fingerprint density at radius 2 is 1.64 bits per heavy atom. The van der Waals surface area contributed by atoms with Crippen LogP contribution in [0.5, 0.6) is 0 Å². The summed E-state index contributed by atoms with van der Waals surface area (Å²) in [6, 6.07) is 12.0. The van der Waals surface area contributed by atoms with Crippen LogP contribution in [0.1, 0.15) is 58.4 Å². The van der Waals surface area contributed by atoms with Crippen molar-refractivity contribution in [2.45, 2.75) is 44.6 Å². The summed E-state index contributed by atoms with van der Waals surface area (Å²) in [5.41, 5.74) is 2.16. The SMILES string of the molecule is O=C(Cc1ccc(Cl)cc1)Nc1ccc2c(c1)C(=O)N(C1CCCCC1)C2=O. The number of anilines is 1. The number of hydrogen-bond donors (Lipinski definition) is 1. The van der Waals surface area contributed by atoms with E-state index in [1.807, 2.05) is 0 Å². The van der Waals surface area contributed by atoms with Crippen molar-refractivity contribution in [3.8, 4) is 0 Å². The van der Waals surface area contributed by atoms with E-state index in [2.05, 4.69) is 5.32 Å². The van der Waals surface area contributed by atoms with Crippen molar-refractivity contribution in [1.29, 1.82) is 0 Å². The van der Waals surface area contributed by atoms with Gasteiger partial charge in [-0.05, 0) is 48.7 Å². The van der Waals surface area contributed by atoms with Crippen LogP contribution in [-0.2, 0) is 11.2 Å². The molecule has 0 unspecified atom stereocenters. The van der Waals surface area contributed by atoms with Crippen LogP contribution in [0.3, 0.4) is 0 Å². The number of carbonyl (C=O) groups excluding carboxylic acids is 3. The summed E-state index contributed by atoms with van der Waals surface area (Å²) in [6.07, 6.45) is 5.19. The second-order valence-corrected chi connectivity index (χ2v) is 7.82. The minimum atomic E-state index is -0.249. The molecule has 4 rings (SSSR count). The third-order valence-corrected chi connectivity index (χ3v) is 5.67. The van der Waals surface area contributed by atoms with Gasteiger partial charge in [-0.25, -0.2) is 0 Å². The van der Waals surface area contributed by atoms with E-state index in [4.69, 9.17) is 11.6 Å². The number of nitrogens with one attached hydrogen (secondary N) is 1. The highest BCUT2D eigenvalue weighted by atomic mass is 35.5. The molecule has 28 heavy (non-hydrogen) atoms. The van der Waals surface area contributed by atoms with E-state index in [9.17, 15) is 14.4 Å². The molecule has 1 saturated carbocycles. The van der Waals surface area contributed by atoms with E-state index >= 15 is 0 Å². The third kappa shape index (κ3) is 3.67. The number of benzene rings is 2. The average molecular weight is 397 g/mol. The van der Waals surface area contributed by atoms with E-state index in [0.717, 1.165) is 37.7 Å². The lowest BCUT2D eigenvalue weighted by Crippen LogP contribution is -2.40. The zero-order valence-corrected chi connectivity index (χ0v) is 16.2. The van der Waals surface area contributed by atoms with E-state index in [0.29, 0.717) is 21.8 Å². The number of fused-ring (bicyclic) bond motifs is 1. The Labute approximate surface area is 168 Å². The molecule has 0 saturated heterocycles. The maximum atomic E-state index is 12.8. The number of imide groups is 1. The van der Waals surface area contributed by atoms with Gasteiger partial charge < -0.3 is 5.32 Å². The predicted octanol–water partition coefficient (Wildman–Crippen LogP) is 4.45. The van der Waals surface area contributed by atoms with Crippen LogP contribution in [0.15, 0.2) is 42.5 Å². The Kier molecular flexibility index (Phi) is 5.18. The second-order valence-electron chi connectivity index (χ2n) is 7.38. The number of rotatable bonds is 4. The molecule has 1 aliphatic heterocycles. The molecule has 2 aromatic carbocycles. The first-order valence-electron chi connectivity index (χ1n) is 9.59. The summed E-state index contributed by atoms with van der Waals surface area (Å²) in [5, 5.41) is 3.43. The fourth-order valence-corrected chi connectivity index (χ4v) is 4.13. The molecule has 6 heteroatoms. The molecule has 3 amide bonds. The highest BCUT2D eigenvalue weighted by Gasteiger charge is 2.40. The Bertz CT molecular complexity index is 933. The molecule has 0 aromatic heterocycles. The Balaban J connectivity index is 1.48. The molecule has 1 heterocycles. The first-order valence-corrected chi connectivity index (χ1v) is 9.97. The fraction of sp³-hybridized carbons (Fsp3) is 0.318. The maximum absolute atomic E-state index is 12.8. The van der Waals surface area contributed by atoms with Crippen LogP contribution >= 0.6 is 11.6 Å². The van der Waals surface area contributed by atoms with Gasteiger partial charge in [0.25, 0.3) is 11.8 Å². The summed E-state index contributed by atoms with van der Waals surface area (Å²) in [4.78, 5) is 39.3. The monoisotopic (exact) mass is 396 g/mol. The normalized spacial score (nSPS) is 17.0. The van der Waals surface area contributed by atoms with Crippen molar-refractivity contribution >= 4 is 35.0 Å². The molecule has 0 radical (unpaired) electrons. The van der Waals surface area contributed by atoms with Crippen molar-refractivity contribution in [3.05, 3.63) is 64.2 Å². The van der Waals surface area contributed by atoms with Gasteiger partial charge in [-0.3, -0.25) is 19.3 Å². The van der Waals surface area contributed by atoms with Crippen LogP contribution in [-0.4, -0.2) is 28.7 Å². The van der Waals surface area contributed by atoms with Crippen molar-refractivity contribution in [3.63, 3.8) is 0 Å². The lowest BCUT2D eigenvalue weighted by molar-refractivity contribution is -0.115. The van der Waals surface area contributed by atoms with Crippen molar-refractivity contribution in [2.75, 3.05) is 5.32 Å². The summed E-state index contributed by atoms with van der Waals surface area (Å²) >= 11 is 5.86. The highest BCUT2D eigenvalue weighted by Crippen LogP contribution is 2.32. The molecule has 1 N–H and O–H groups in total. The summed E-state index contributed by atoms with van der Waals surface area (Å²) < 4.78 is 0. The average Bonchev–Trinajstić information content (AvgIpc) is 2.94. The van der Waals surface area contributed by atoms with Crippen LogP contribution < -0.4 is 5.32 Å². The predicted molar refractivity (Wildman–Crippen MR) is 108 cm³/mol. The number of nitrogens with zero attached hydrogens (tertiary/aromatic N) is 1. The lowest BCUT2D eigenvalue weighted by atomic mass is 9.94. The van der Waals surface area contributed by atoms with Gasteiger partial charge in [0.15, 0.2) is 0 Å². The van der Waals surface area contributed by atoms with Gasteiger partial charge >= 0.3 is 0 Å². The minimum absolute atomic E-state index is 0.0101. The summed E-state index contributed by atoms with van der Waals surface area (Å²) in [5.74, 6) is -0.658. The van der Waals surface area contributed by atoms with Crippen LogP contribution in [0.25, 0.3) is 0 Å². The molecule has 1 aliphatic carbocycles. The molecule has 2 aromatic rings. The van der Waals surface area contributed by atoms with Crippen LogP contribution in [0.4, 0.5) is 5.69 Å². The zero-order valence-electron chi connectivity index (χ0n) is 15.4. The Morgan fingerprint density at radius 3 is 2.36 bits per heavy atom. The zero-order chi connectivity index (χ0) is 19.7. The molecule has 0 bridgehead atoms. The first kappa shape index (κ1) is 18.7. The van der Waals surface area contributed by atoms with Gasteiger partial charge in [-0.2, -0.15) is 0 Å². The van der Waals surface area contributed by atoms with Gasteiger partial charge in [-0.1, -0.05) is 43.0 Å². The molecular formula is C22H21ClN2O3. The van der Waals surface area contributed by atoms with Crippen molar-refractivity contribution < 1.29 is 14.4 Å². The molecule has 144 valence electrons. The number of hydrogen-bond acceptors (Lipinski definition) is 3. The van der Waals surface area contributed by atoms with Gasteiger partial charge in [0.05, 0.1) is 17.5 Å². The first-order chi connectivity index (χ1) is 13.5. The molecule has 1 fully saturated rings. The highest BCUT2D eigenvalue weighted by molar-refractivity contribution is 6.30. The third-order valence-electron chi connectivity index (χ3n) is 5.42. The van der Waals surface area contributed by atoms with Gasteiger partial charge in [-0.15, -0.1) is 0 Å². The van der Waals surface area contributed by atoms with E-state index in [1.165, 1.54) is 4.90 Å². The second kappa shape index (κ2) is 7.76. The van der Waals surface area contributed by atoms with Crippen molar-refractivity contribution in [1.82, 2.24) is 4.90 Å².